The van der Waals surface area contributed by atoms with Gasteiger partial charge in [0.25, 0.3) is 0 Å². The SMILES string of the molecule is CCc1cc(CCl)cc(N2CCSC(C)(C)CC2)n1. The summed E-state index contributed by atoms with van der Waals surface area (Å²) in [7, 11) is 0. The lowest BCUT2D eigenvalue weighted by Gasteiger charge is -2.24. The number of rotatable bonds is 3. The Hall–Kier alpha value is -0.410. The van der Waals surface area contributed by atoms with Crippen LogP contribution in [0.5, 0.6) is 0 Å². The summed E-state index contributed by atoms with van der Waals surface area (Å²) in [4.78, 5) is 7.18. The van der Waals surface area contributed by atoms with E-state index in [1.165, 1.54) is 17.7 Å². The normalized spacial score (nSPS) is 19.3. The van der Waals surface area contributed by atoms with E-state index in [-0.39, 0.29) is 0 Å². The minimum atomic E-state index is 0.381. The summed E-state index contributed by atoms with van der Waals surface area (Å²) in [5.74, 6) is 2.84. The van der Waals surface area contributed by atoms with E-state index in [1.54, 1.807) is 0 Å². The Morgan fingerprint density at radius 3 is 2.84 bits per heavy atom. The van der Waals surface area contributed by atoms with Crippen molar-refractivity contribution in [1.82, 2.24) is 4.98 Å². The Morgan fingerprint density at radius 1 is 1.37 bits per heavy atom. The molecule has 1 aromatic heterocycles. The van der Waals surface area contributed by atoms with Crippen LogP contribution in [-0.4, -0.2) is 28.6 Å². The van der Waals surface area contributed by atoms with Crippen LogP contribution in [0.15, 0.2) is 12.1 Å². The molecule has 0 unspecified atom stereocenters. The quantitative estimate of drug-likeness (QED) is 0.782. The molecule has 1 fully saturated rings. The number of alkyl halides is 1. The Labute approximate surface area is 125 Å². The van der Waals surface area contributed by atoms with Crippen LogP contribution in [0, 0.1) is 0 Å². The van der Waals surface area contributed by atoms with Crippen molar-refractivity contribution in [3.05, 3.63) is 23.4 Å². The molecule has 2 nitrogen and oxygen atoms in total. The predicted molar refractivity (Wildman–Crippen MR) is 86.5 cm³/mol. The van der Waals surface area contributed by atoms with Crippen LogP contribution in [0.1, 0.15) is 38.4 Å². The largest absolute Gasteiger partial charge is 0.356 e. The summed E-state index contributed by atoms with van der Waals surface area (Å²) >= 11 is 8.06. The van der Waals surface area contributed by atoms with Crippen molar-refractivity contribution in [2.75, 3.05) is 23.7 Å². The van der Waals surface area contributed by atoms with Gasteiger partial charge in [0.2, 0.25) is 0 Å². The van der Waals surface area contributed by atoms with Gasteiger partial charge in [-0.1, -0.05) is 20.8 Å². The fourth-order valence-electron chi connectivity index (χ4n) is 2.30. The molecule has 2 rings (SSSR count). The number of thioether (sulfide) groups is 1. The van der Waals surface area contributed by atoms with Crippen LogP contribution in [0.4, 0.5) is 5.82 Å². The van der Waals surface area contributed by atoms with E-state index in [0.29, 0.717) is 10.6 Å². The number of hydrogen-bond donors (Lipinski definition) is 0. The molecule has 4 heteroatoms. The van der Waals surface area contributed by atoms with E-state index >= 15 is 0 Å². The summed E-state index contributed by atoms with van der Waals surface area (Å²) in [6.07, 6.45) is 2.16. The predicted octanol–water partition coefficient (Wildman–Crippen LogP) is 4.10. The van der Waals surface area contributed by atoms with E-state index < -0.39 is 0 Å². The number of anilines is 1. The van der Waals surface area contributed by atoms with Crippen molar-refractivity contribution in [3.8, 4) is 0 Å². The molecule has 106 valence electrons. The summed E-state index contributed by atoms with van der Waals surface area (Å²) in [5.41, 5.74) is 2.32. The molecule has 1 aliphatic rings. The van der Waals surface area contributed by atoms with E-state index in [9.17, 15) is 0 Å². The first-order chi connectivity index (χ1) is 9.04. The smallest absolute Gasteiger partial charge is 0.129 e. The fourth-order valence-corrected chi connectivity index (χ4v) is 3.56. The molecule has 2 heterocycles. The number of aromatic nitrogens is 1. The average molecular weight is 299 g/mol. The fraction of sp³-hybridized carbons (Fsp3) is 0.667. The molecule has 0 aliphatic carbocycles. The third kappa shape index (κ3) is 4.03. The molecular formula is C15H23ClN2S. The van der Waals surface area contributed by atoms with Crippen molar-refractivity contribution in [2.24, 2.45) is 0 Å². The maximum Gasteiger partial charge on any atom is 0.129 e. The first-order valence-corrected chi connectivity index (χ1v) is 8.51. The van der Waals surface area contributed by atoms with Crippen LogP contribution in [0.2, 0.25) is 0 Å². The molecule has 0 aromatic carbocycles. The third-order valence-electron chi connectivity index (χ3n) is 3.60. The molecule has 0 saturated carbocycles. The number of aryl methyl sites for hydroxylation is 1. The maximum absolute atomic E-state index is 5.99. The summed E-state index contributed by atoms with van der Waals surface area (Å²) in [5, 5.41) is 0. The molecule has 0 spiro atoms. The zero-order valence-electron chi connectivity index (χ0n) is 12.1. The van der Waals surface area contributed by atoms with E-state index in [0.717, 1.165) is 31.0 Å². The van der Waals surface area contributed by atoms with Gasteiger partial charge in [-0.25, -0.2) is 4.98 Å². The molecule has 0 N–H and O–H groups in total. The van der Waals surface area contributed by atoms with Gasteiger partial charge in [0.1, 0.15) is 5.82 Å². The molecule has 0 bridgehead atoms. The average Bonchev–Trinajstić information content (AvgIpc) is 2.59. The molecular weight excluding hydrogens is 276 g/mol. The van der Waals surface area contributed by atoms with Gasteiger partial charge in [0.05, 0.1) is 0 Å². The zero-order chi connectivity index (χ0) is 13.9. The summed E-state index contributed by atoms with van der Waals surface area (Å²) in [6.45, 7) is 8.98. The Balaban J connectivity index is 2.21. The molecule has 1 aromatic rings. The minimum absolute atomic E-state index is 0.381. The number of nitrogens with zero attached hydrogens (tertiary/aromatic N) is 2. The molecule has 0 atom stereocenters. The molecule has 1 aliphatic heterocycles. The third-order valence-corrected chi connectivity index (χ3v) is 5.28. The van der Waals surface area contributed by atoms with Gasteiger partial charge in [-0.05, 0) is 30.5 Å². The van der Waals surface area contributed by atoms with Gasteiger partial charge >= 0.3 is 0 Å². The molecule has 0 amide bonds. The van der Waals surface area contributed by atoms with Crippen LogP contribution in [-0.2, 0) is 12.3 Å². The Morgan fingerprint density at radius 2 is 2.16 bits per heavy atom. The highest BCUT2D eigenvalue weighted by atomic mass is 35.5. The highest BCUT2D eigenvalue weighted by molar-refractivity contribution is 8.00. The topological polar surface area (TPSA) is 16.1 Å². The van der Waals surface area contributed by atoms with Crippen LogP contribution in [0.3, 0.4) is 0 Å². The monoisotopic (exact) mass is 298 g/mol. The van der Waals surface area contributed by atoms with Crippen molar-refractivity contribution in [3.63, 3.8) is 0 Å². The van der Waals surface area contributed by atoms with Crippen LogP contribution >= 0.6 is 23.4 Å². The summed E-state index contributed by atoms with van der Waals surface area (Å²) in [6, 6.07) is 4.27. The number of halogens is 1. The lowest BCUT2D eigenvalue weighted by atomic mass is 10.1. The van der Waals surface area contributed by atoms with Gasteiger partial charge in [-0.3, -0.25) is 0 Å². The lowest BCUT2D eigenvalue weighted by Crippen LogP contribution is -2.28. The van der Waals surface area contributed by atoms with Gasteiger partial charge in [-0.15, -0.1) is 11.6 Å². The van der Waals surface area contributed by atoms with Crippen LogP contribution < -0.4 is 4.90 Å². The highest BCUT2D eigenvalue weighted by Crippen LogP contribution is 2.32. The summed E-state index contributed by atoms with van der Waals surface area (Å²) < 4.78 is 0.381. The van der Waals surface area contributed by atoms with Crippen molar-refractivity contribution in [1.29, 1.82) is 0 Å². The minimum Gasteiger partial charge on any atom is -0.356 e. The van der Waals surface area contributed by atoms with Crippen molar-refractivity contribution < 1.29 is 0 Å². The second-order valence-corrected chi connectivity index (χ2v) is 7.73. The molecule has 19 heavy (non-hydrogen) atoms. The zero-order valence-corrected chi connectivity index (χ0v) is 13.7. The van der Waals surface area contributed by atoms with E-state index in [4.69, 9.17) is 16.6 Å². The first kappa shape index (κ1) is 15.0. The second kappa shape index (κ2) is 6.36. The van der Waals surface area contributed by atoms with Gasteiger partial charge in [0, 0.05) is 35.2 Å². The number of pyridine rings is 1. The standard InChI is InChI=1S/C15H23ClN2S/c1-4-13-9-12(11-16)10-14(17-13)18-6-5-15(2,3)19-8-7-18/h9-10H,4-8,11H2,1-3H3. The first-order valence-electron chi connectivity index (χ1n) is 6.99. The van der Waals surface area contributed by atoms with Crippen molar-refractivity contribution >= 4 is 29.2 Å². The van der Waals surface area contributed by atoms with Crippen LogP contribution in [0.25, 0.3) is 0 Å². The van der Waals surface area contributed by atoms with Gasteiger partial charge in [-0.2, -0.15) is 11.8 Å². The number of hydrogen-bond acceptors (Lipinski definition) is 3. The Bertz CT molecular complexity index is 412. The Kier molecular flexibility index (Phi) is 5.02. The van der Waals surface area contributed by atoms with E-state index in [2.05, 4.69) is 49.6 Å². The lowest BCUT2D eigenvalue weighted by molar-refractivity contribution is 0.634. The molecule has 1 saturated heterocycles. The van der Waals surface area contributed by atoms with Gasteiger partial charge in [0.15, 0.2) is 0 Å². The second-order valence-electron chi connectivity index (χ2n) is 5.66. The molecule has 0 radical (unpaired) electrons. The van der Waals surface area contributed by atoms with Gasteiger partial charge < -0.3 is 4.90 Å². The maximum atomic E-state index is 5.99. The van der Waals surface area contributed by atoms with E-state index in [1.807, 2.05) is 0 Å². The highest BCUT2D eigenvalue weighted by Gasteiger charge is 2.24. The van der Waals surface area contributed by atoms with Crippen molar-refractivity contribution in [2.45, 2.75) is 44.2 Å².